The van der Waals surface area contributed by atoms with Crippen LogP contribution >= 0.6 is 0 Å². The molecule has 7 heteroatoms. The van der Waals surface area contributed by atoms with Crippen LogP contribution < -0.4 is 10.1 Å². The van der Waals surface area contributed by atoms with Gasteiger partial charge in [-0.2, -0.15) is 0 Å². The van der Waals surface area contributed by atoms with Crippen LogP contribution in [0.2, 0.25) is 0 Å². The second-order valence-electron chi connectivity index (χ2n) is 6.55. The second kappa shape index (κ2) is 9.21. The zero-order valence-electron chi connectivity index (χ0n) is 16.0. The van der Waals surface area contributed by atoms with Gasteiger partial charge in [-0.3, -0.25) is 0 Å². The van der Waals surface area contributed by atoms with Gasteiger partial charge in [-0.1, -0.05) is 29.4 Å². The Morgan fingerprint density at radius 2 is 2.14 bits per heavy atom. The zero-order chi connectivity index (χ0) is 19.9. The second-order valence-corrected chi connectivity index (χ2v) is 6.55. The lowest BCUT2D eigenvalue weighted by atomic mass is 10.0. The van der Waals surface area contributed by atoms with E-state index in [0.29, 0.717) is 37.3 Å². The van der Waals surface area contributed by atoms with Crippen LogP contribution in [0.15, 0.2) is 53.7 Å². The van der Waals surface area contributed by atoms with Crippen LogP contribution in [0.4, 0.5) is 9.18 Å². The summed E-state index contributed by atoms with van der Waals surface area (Å²) in [5.74, 6) is 0.424. The Bertz CT molecular complexity index is 856. The molecule has 2 amide bonds. The van der Waals surface area contributed by atoms with Crippen LogP contribution in [-0.2, 0) is 11.4 Å². The van der Waals surface area contributed by atoms with E-state index in [1.807, 2.05) is 31.2 Å². The van der Waals surface area contributed by atoms with E-state index in [1.54, 1.807) is 24.1 Å². The SMILES string of the molecule is CCNC(=O)N(Cc1cccc(OC)c1)C[C@@H]1CC(c2cccc(F)c2)=NO1. The lowest BCUT2D eigenvalue weighted by molar-refractivity contribution is 0.0590. The summed E-state index contributed by atoms with van der Waals surface area (Å²) in [7, 11) is 1.61. The Morgan fingerprint density at radius 3 is 2.89 bits per heavy atom. The van der Waals surface area contributed by atoms with Gasteiger partial charge in [0.15, 0.2) is 6.10 Å². The highest BCUT2D eigenvalue weighted by molar-refractivity contribution is 6.01. The topological polar surface area (TPSA) is 63.2 Å². The quantitative estimate of drug-likeness (QED) is 0.793. The third-order valence-electron chi connectivity index (χ3n) is 4.44. The molecule has 0 unspecified atom stereocenters. The number of hydrogen-bond donors (Lipinski definition) is 1. The fourth-order valence-corrected chi connectivity index (χ4v) is 3.08. The van der Waals surface area contributed by atoms with Crippen molar-refractivity contribution in [3.63, 3.8) is 0 Å². The molecule has 0 aromatic heterocycles. The fraction of sp³-hybridized carbons (Fsp3) is 0.333. The first-order chi connectivity index (χ1) is 13.6. The molecule has 0 saturated carbocycles. The van der Waals surface area contributed by atoms with Gasteiger partial charge in [0, 0.05) is 25.1 Å². The van der Waals surface area contributed by atoms with Gasteiger partial charge in [0.1, 0.15) is 11.6 Å². The minimum absolute atomic E-state index is 0.173. The number of amides is 2. The number of benzene rings is 2. The van der Waals surface area contributed by atoms with Crippen LogP contribution in [-0.4, -0.2) is 42.9 Å². The van der Waals surface area contributed by atoms with Crippen molar-refractivity contribution >= 4 is 11.7 Å². The van der Waals surface area contributed by atoms with E-state index in [-0.39, 0.29) is 18.0 Å². The molecule has 148 valence electrons. The molecule has 0 radical (unpaired) electrons. The smallest absolute Gasteiger partial charge is 0.317 e. The number of urea groups is 1. The monoisotopic (exact) mass is 385 g/mol. The summed E-state index contributed by atoms with van der Waals surface area (Å²) < 4.78 is 18.7. The Hall–Kier alpha value is -3.09. The molecule has 2 aromatic carbocycles. The number of rotatable bonds is 7. The molecule has 0 bridgehead atoms. The predicted octanol–water partition coefficient (Wildman–Crippen LogP) is 3.56. The number of oxime groups is 1. The Morgan fingerprint density at radius 1 is 1.32 bits per heavy atom. The van der Waals surface area contributed by atoms with Crippen molar-refractivity contribution < 1.29 is 18.8 Å². The van der Waals surface area contributed by atoms with E-state index in [4.69, 9.17) is 9.57 Å². The normalized spacial score (nSPS) is 15.5. The third-order valence-corrected chi connectivity index (χ3v) is 4.44. The van der Waals surface area contributed by atoms with Crippen molar-refractivity contribution in [2.24, 2.45) is 5.16 Å². The Labute approximate surface area is 163 Å². The minimum Gasteiger partial charge on any atom is -0.497 e. The molecular weight excluding hydrogens is 361 g/mol. The molecule has 0 aliphatic carbocycles. The predicted molar refractivity (Wildman–Crippen MR) is 105 cm³/mol. The number of ether oxygens (including phenoxy) is 1. The number of nitrogens with zero attached hydrogens (tertiary/aromatic N) is 2. The largest absolute Gasteiger partial charge is 0.497 e. The molecule has 0 fully saturated rings. The lowest BCUT2D eigenvalue weighted by Gasteiger charge is -2.25. The van der Waals surface area contributed by atoms with Crippen LogP contribution in [0.3, 0.4) is 0 Å². The maximum absolute atomic E-state index is 13.5. The van der Waals surface area contributed by atoms with Crippen molar-refractivity contribution in [1.82, 2.24) is 10.2 Å². The number of carbonyl (C=O) groups is 1. The number of hydrogen-bond acceptors (Lipinski definition) is 4. The average molecular weight is 385 g/mol. The maximum atomic E-state index is 13.5. The molecule has 6 nitrogen and oxygen atoms in total. The highest BCUT2D eigenvalue weighted by Gasteiger charge is 2.27. The molecule has 28 heavy (non-hydrogen) atoms. The molecule has 1 atom stereocenters. The number of carbonyl (C=O) groups excluding carboxylic acids is 1. The van der Waals surface area contributed by atoms with Crippen LogP contribution in [0.25, 0.3) is 0 Å². The highest BCUT2D eigenvalue weighted by Crippen LogP contribution is 2.20. The summed E-state index contributed by atoms with van der Waals surface area (Å²) >= 11 is 0. The molecule has 3 rings (SSSR count). The molecule has 0 spiro atoms. The van der Waals surface area contributed by atoms with Crippen molar-refractivity contribution in [1.29, 1.82) is 0 Å². The van der Waals surface area contributed by atoms with E-state index in [2.05, 4.69) is 10.5 Å². The molecule has 1 aliphatic heterocycles. The highest BCUT2D eigenvalue weighted by atomic mass is 19.1. The third kappa shape index (κ3) is 5.00. The zero-order valence-corrected chi connectivity index (χ0v) is 16.0. The van der Waals surface area contributed by atoms with Crippen molar-refractivity contribution in [3.05, 3.63) is 65.5 Å². The van der Waals surface area contributed by atoms with E-state index < -0.39 is 0 Å². The fourth-order valence-electron chi connectivity index (χ4n) is 3.08. The summed E-state index contributed by atoms with van der Waals surface area (Å²) in [5, 5.41) is 6.92. The van der Waals surface area contributed by atoms with Crippen molar-refractivity contribution in [2.75, 3.05) is 20.2 Å². The van der Waals surface area contributed by atoms with Crippen LogP contribution in [0.5, 0.6) is 5.75 Å². The van der Waals surface area contributed by atoms with Gasteiger partial charge in [0.2, 0.25) is 0 Å². The van der Waals surface area contributed by atoms with Gasteiger partial charge >= 0.3 is 6.03 Å². The summed E-state index contributed by atoms with van der Waals surface area (Å²) in [5.41, 5.74) is 2.33. The molecular formula is C21H24FN3O3. The first kappa shape index (κ1) is 19.7. The molecule has 1 aliphatic rings. The summed E-state index contributed by atoms with van der Waals surface area (Å²) in [6.07, 6.45) is 0.226. The van der Waals surface area contributed by atoms with Crippen LogP contribution in [0, 0.1) is 5.82 Å². The van der Waals surface area contributed by atoms with Gasteiger partial charge in [0.05, 0.1) is 19.4 Å². The standard InChI is InChI=1S/C21H24FN3O3/c1-3-23-21(26)25(13-15-6-4-9-18(10-15)27-2)14-19-12-20(24-28-19)16-7-5-8-17(22)11-16/h4-11,19H,3,12-14H2,1-2H3,(H,23,26)/t19-/m0/s1. The van der Waals surface area contributed by atoms with E-state index in [9.17, 15) is 9.18 Å². The van der Waals surface area contributed by atoms with E-state index >= 15 is 0 Å². The number of nitrogens with one attached hydrogen (secondary N) is 1. The summed E-state index contributed by atoms with van der Waals surface area (Å²) in [6, 6.07) is 13.7. The molecule has 0 saturated heterocycles. The van der Waals surface area contributed by atoms with E-state index in [1.165, 1.54) is 12.1 Å². The molecule has 2 aromatic rings. The summed E-state index contributed by atoms with van der Waals surface area (Å²) in [6.45, 7) is 3.19. The van der Waals surface area contributed by atoms with Crippen LogP contribution in [0.1, 0.15) is 24.5 Å². The van der Waals surface area contributed by atoms with Gasteiger partial charge in [-0.15, -0.1) is 0 Å². The van der Waals surface area contributed by atoms with Crippen molar-refractivity contribution in [3.8, 4) is 5.75 Å². The summed E-state index contributed by atoms with van der Waals surface area (Å²) in [4.78, 5) is 19.7. The maximum Gasteiger partial charge on any atom is 0.317 e. The van der Waals surface area contributed by atoms with E-state index in [0.717, 1.165) is 11.3 Å². The average Bonchev–Trinajstić information content (AvgIpc) is 3.16. The first-order valence-corrected chi connectivity index (χ1v) is 9.23. The van der Waals surface area contributed by atoms with Gasteiger partial charge in [0.25, 0.3) is 0 Å². The Kier molecular flexibility index (Phi) is 6.47. The van der Waals surface area contributed by atoms with Gasteiger partial charge < -0.3 is 19.8 Å². The Balaban J connectivity index is 1.67. The minimum atomic E-state index is -0.314. The molecule has 1 N–H and O–H groups in total. The number of methoxy groups -OCH3 is 1. The lowest BCUT2D eigenvalue weighted by Crippen LogP contribution is -2.43. The first-order valence-electron chi connectivity index (χ1n) is 9.23. The van der Waals surface area contributed by atoms with Gasteiger partial charge in [-0.05, 0) is 36.8 Å². The number of halogens is 1. The van der Waals surface area contributed by atoms with Crippen molar-refractivity contribution in [2.45, 2.75) is 26.0 Å². The molecule has 1 heterocycles. The van der Waals surface area contributed by atoms with Gasteiger partial charge in [-0.25, -0.2) is 9.18 Å².